The number of hydrogen-bond acceptors (Lipinski definition) is 4. The molecular formula is C13H18ClN3O3. The Balaban J connectivity index is 3.23. The molecule has 4 N–H and O–H groups in total. The molecule has 0 radical (unpaired) electrons. The summed E-state index contributed by atoms with van der Waals surface area (Å²) in [5.74, 6) is -0.683. The Labute approximate surface area is 122 Å². The van der Waals surface area contributed by atoms with E-state index >= 15 is 0 Å². The zero-order chi connectivity index (χ0) is 15.4. The first-order valence-electron chi connectivity index (χ1n) is 6.00. The third-order valence-corrected chi connectivity index (χ3v) is 3.09. The van der Waals surface area contributed by atoms with Crippen molar-refractivity contribution in [2.24, 2.45) is 5.73 Å². The Morgan fingerprint density at radius 1 is 1.40 bits per heavy atom. The molecule has 1 rings (SSSR count). The second kappa shape index (κ2) is 6.47. The minimum absolute atomic E-state index is 0.179. The van der Waals surface area contributed by atoms with E-state index in [0.717, 1.165) is 0 Å². The highest BCUT2D eigenvalue weighted by atomic mass is 35.5. The van der Waals surface area contributed by atoms with Gasteiger partial charge in [0.2, 0.25) is 5.91 Å². The molecule has 7 heteroatoms. The fourth-order valence-electron chi connectivity index (χ4n) is 1.72. The lowest BCUT2D eigenvalue weighted by Gasteiger charge is -2.26. The predicted molar refractivity (Wildman–Crippen MR) is 77.8 cm³/mol. The molecule has 0 fully saturated rings. The predicted octanol–water partition coefficient (Wildman–Crippen LogP) is 1.27. The van der Waals surface area contributed by atoms with E-state index in [-0.39, 0.29) is 23.2 Å². The number of amides is 2. The third-order valence-electron chi connectivity index (χ3n) is 2.76. The number of halogens is 1. The van der Waals surface area contributed by atoms with E-state index in [2.05, 4.69) is 0 Å². The SMILES string of the molecule is COc1cc(N)c(Cl)cc1C(=O)N(CC(N)=O)C(C)C. The molecular weight excluding hydrogens is 282 g/mol. The van der Waals surface area contributed by atoms with Crippen LogP contribution in [0.4, 0.5) is 5.69 Å². The van der Waals surface area contributed by atoms with Crippen molar-refractivity contribution in [2.45, 2.75) is 19.9 Å². The van der Waals surface area contributed by atoms with Gasteiger partial charge in [-0.25, -0.2) is 0 Å². The minimum atomic E-state index is -0.590. The monoisotopic (exact) mass is 299 g/mol. The second-order valence-corrected chi connectivity index (χ2v) is 4.97. The number of nitrogens with two attached hydrogens (primary N) is 2. The first-order chi connectivity index (χ1) is 9.27. The van der Waals surface area contributed by atoms with Gasteiger partial charge >= 0.3 is 0 Å². The highest BCUT2D eigenvalue weighted by Crippen LogP contribution is 2.30. The van der Waals surface area contributed by atoms with Gasteiger partial charge in [0.05, 0.1) is 29.9 Å². The number of methoxy groups -OCH3 is 1. The highest BCUT2D eigenvalue weighted by Gasteiger charge is 2.24. The fourth-order valence-corrected chi connectivity index (χ4v) is 1.88. The number of ether oxygens (including phenoxy) is 1. The molecule has 110 valence electrons. The molecule has 0 saturated carbocycles. The first kappa shape index (κ1) is 16.1. The van der Waals surface area contributed by atoms with Gasteiger partial charge in [-0.1, -0.05) is 11.6 Å². The van der Waals surface area contributed by atoms with Crippen molar-refractivity contribution in [2.75, 3.05) is 19.4 Å². The van der Waals surface area contributed by atoms with Gasteiger partial charge in [-0.2, -0.15) is 0 Å². The summed E-state index contributed by atoms with van der Waals surface area (Å²) in [7, 11) is 1.42. The molecule has 1 aromatic rings. The first-order valence-corrected chi connectivity index (χ1v) is 6.38. The number of nitrogen functional groups attached to an aromatic ring is 1. The van der Waals surface area contributed by atoms with E-state index in [0.29, 0.717) is 11.4 Å². The number of anilines is 1. The maximum atomic E-state index is 12.5. The molecule has 0 heterocycles. The molecule has 0 aliphatic carbocycles. The van der Waals surface area contributed by atoms with Crippen LogP contribution in [0.5, 0.6) is 5.75 Å². The van der Waals surface area contributed by atoms with Crippen molar-refractivity contribution in [1.29, 1.82) is 0 Å². The lowest BCUT2D eigenvalue weighted by molar-refractivity contribution is -0.119. The topological polar surface area (TPSA) is 98.7 Å². The summed E-state index contributed by atoms with van der Waals surface area (Å²) in [5, 5.41) is 0.247. The van der Waals surface area contributed by atoms with Crippen LogP contribution in [0.1, 0.15) is 24.2 Å². The molecule has 0 atom stereocenters. The summed E-state index contributed by atoms with van der Waals surface area (Å²) in [6, 6.07) is 2.70. The molecule has 0 saturated heterocycles. The number of carbonyl (C=O) groups excluding carboxylic acids is 2. The van der Waals surface area contributed by atoms with Crippen molar-refractivity contribution in [3.05, 3.63) is 22.7 Å². The van der Waals surface area contributed by atoms with E-state index in [1.807, 2.05) is 0 Å². The van der Waals surface area contributed by atoms with Gasteiger partial charge < -0.3 is 21.1 Å². The quantitative estimate of drug-likeness (QED) is 0.800. The molecule has 0 aromatic heterocycles. The Bertz CT molecular complexity index is 532. The summed E-state index contributed by atoms with van der Waals surface area (Å²) < 4.78 is 5.13. The normalized spacial score (nSPS) is 10.4. The Morgan fingerprint density at radius 3 is 2.45 bits per heavy atom. The van der Waals surface area contributed by atoms with Crippen LogP contribution < -0.4 is 16.2 Å². The van der Waals surface area contributed by atoms with E-state index in [1.54, 1.807) is 13.8 Å². The van der Waals surface area contributed by atoms with Crippen LogP contribution >= 0.6 is 11.6 Å². The van der Waals surface area contributed by atoms with E-state index in [4.69, 9.17) is 27.8 Å². The lowest BCUT2D eigenvalue weighted by Crippen LogP contribution is -2.42. The highest BCUT2D eigenvalue weighted by molar-refractivity contribution is 6.33. The number of nitrogens with zero attached hydrogens (tertiary/aromatic N) is 1. The number of carbonyl (C=O) groups is 2. The smallest absolute Gasteiger partial charge is 0.258 e. The molecule has 0 aliphatic rings. The van der Waals surface area contributed by atoms with Gasteiger partial charge in [-0.3, -0.25) is 9.59 Å². The number of primary amides is 1. The Kier molecular flexibility index (Phi) is 5.21. The summed E-state index contributed by atoms with van der Waals surface area (Å²) in [5.41, 5.74) is 11.4. The van der Waals surface area contributed by atoms with Gasteiger partial charge in [0, 0.05) is 12.1 Å². The molecule has 1 aromatic carbocycles. The molecule has 0 aliphatic heterocycles. The third kappa shape index (κ3) is 3.54. The zero-order valence-corrected chi connectivity index (χ0v) is 12.4. The maximum absolute atomic E-state index is 12.5. The van der Waals surface area contributed by atoms with Gasteiger partial charge in [-0.15, -0.1) is 0 Å². The van der Waals surface area contributed by atoms with Crippen LogP contribution in [-0.2, 0) is 4.79 Å². The summed E-state index contributed by atoms with van der Waals surface area (Å²) in [6.07, 6.45) is 0. The van der Waals surface area contributed by atoms with Gasteiger partial charge in [-0.05, 0) is 19.9 Å². The van der Waals surface area contributed by atoms with Crippen molar-refractivity contribution >= 4 is 29.1 Å². The maximum Gasteiger partial charge on any atom is 0.258 e. The average Bonchev–Trinajstić information content (AvgIpc) is 2.37. The Morgan fingerprint density at radius 2 is 2.00 bits per heavy atom. The van der Waals surface area contributed by atoms with Crippen LogP contribution in [0.2, 0.25) is 5.02 Å². The lowest BCUT2D eigenvalue weighted by atomic mass is 10.1. The van der Waals surface area contributed by atoms with Crippen LogP contribution in [-0.4, -0.2) is 36.4 Å². The van der Waals surface area contributed by atoms with E-state index in [1.165, 1.54) is 24.1 Å². The zero-order valence-electron chi connectivity index (χ0n) is 11.6. The van der Waals surface area contributed by atoms with Gasteiger partial charge in [0.1, 0.15) is 5.75 Å². The van der Waals surface area contributed by atoms with Crippen molar-refractivity contribution < 1.29 is 14.3 Å². The molecule has 0 bridgehead atoms. The van der Waals surface area contributed by atoms with Crippen molar-refractivity contribution in [1.82, 2.24) is 4.90 Å². The molecule has 0 unspecified atom stereocenters. The standard InChI is InChI=1S/C13H18ClN3O3/c1-7(2)17(6-12(16)18)13(19)8-4-9(14)10(15)5-11(8)20-3/h4-5,7H,6,15H2,1-3H3,(H2,16,18). The number of rotatable bonds is 5. The molecule has 20 heavy (non-hydrogen) atoms. The average molecular weight is 300 g/mol. The van der Waals surface area contributed by atoms with Gasteiger partial charge in [0.25, 0.3) is 5.91 Å². The van der Waals surface area contributed by atoms with Crippen molar-refractivity contribution in [3.63, 3.8) is 0 Å². The number of benzene rings is 1. The molecule has 6 nitrogen and oxygen atoms in total. The summed E-state index contributed by atoms with van der Waals surface area (Å²) in [6.45, 7) is 3.39. The Hall–Kier alpha value is -1.95. The van der Waals surface area contributed by atoms with Gasteiger partial charge in [0.15, 0.2) is 0 Å². The fraction of sp³-hybridized carbons (Fsp3) is 0.385. The van der Waals surface area contributed by atoms with Crippen LogP contribution in [0.15, 0.2) is 12.1 Å². The van der Waals surface area contributed by atoms with Crippen LogP contribution in [0, 0.1) is 0 Å². The minimum Gasteiger partial charge on any atom is -0.496 e. The van der Waals surface area contributed by atoms with Crippen molar-refractivity contribution in [3.8, 4) is 5.75 Å². The van der Waals surface area contributed by atoms with Crippen LogP contribution in [0.3, 0.4) is 0 Å². The molecule has 0 spiro atoms. The van der Waals surface area contributed by atoms with Crippen LogP contribution in [0.25, 0.3) is 0 Å². The summed E-state index contributed by atoms with van der Waals surface area (Å²) >= 11 is 5.93. The second-order valence-electron chi connectivity index (χ2n) is 4.57. The number of hydrogen-bond donors (Lipinski definition) is 2. The van der Waals surface area contributed by atoms with E-state index < -0.39 is 11.8 Å². The summed E-state index contributed by atoms with van der Waals surface area (Å²) in [4.78, 5) is 24.9. The van der Waals surface area contributed by atoms with E-state index in [9.17, 15) is 9.59 Å². The molecule has 2 amide bonds. The largest absolute Gasteiger partial charge is 0.496 e.